The third kappa shape index (κ3) is 5.04. The monoisotopic (exact) mass is 319 g/mol. The highest BCUT2D eigenvalue weighted by Gasteiger charge is 2.21. The topological polar surface area (TPSA) is 42.4 Å². The maximum absolute atomic E-state index is 12.3. The van der Waals surface area contributed by atoms with E-state index >= 15 is 0 Å². The Balaban J connectivity index is 3.18. The molecule has 0 atom stereocenters. The van der Waals surface area contributed by atoms with E-state index in [9.17, 15) is 4.79 Å². The summed E-state index contributed by atoms with van der Waals surface area (Å²) in [5, 5.41) is 0. The molecule has 1 heterocycles. The molecular weight excluding hydrogens is 296 g/mol. The second-order valence-corrected chi connectivity index (χ2v) is 5.61. The van der Waals surface area contributed by atoms with E-state index in [2.05, 4.69) is 20.9 Å². The number of hydrogen-bond donors (Lipinski definition) is 0. The Labute approximate surface area is 123 Å². The van der Waals surface area contributed by atoms with Crippen LogP contribution in [0.1, 0.15) is 40.0 Å². The van der Waals surface area contributed by atoms with Crippen LogP contribution in [-0.2, 0) is 11.3 Å². The van der Waals surface area contributed by atoms with Gasteiger partial charge in [0.05, 0.1) is 6.54 Å². The van der Waals surface area contributed by atoms with Crippen molar-refractivity contribution in [3.8, 4) is 0 Å². The van der Waals surface area contributed by atoms with Crippen LogP contribution in [0.5, 0.6) is 0 Å². The predicted octanol–water partition coefficient (Wildman–Crippen LogP) is 3.60. The molecule has 1 rings (SSSR count). The summed E-state index contributed by atoms with van der Waals surface area (Å²) in [5.74, 6) is 0. The van der Waals surface area contributed by atoms with Crippen molar-refractivity contribution in [3.05, 3.63) is 28.5 Å². The maximum Gasteiger partial charge on any atom is 0.410 e. The first-order valence-electron chi connectivity index (χ1n) is 7.84. The van der Waals surface area contributed by atoms with E-state index in [-0.39, 0.29) is 6.54 Å². The largest absolute Gasteiger partial charge is 0.444 e. The maximum atomic E-state index is 12.3. The van der Waals surface area contributed by atoms with Gasteiger partial charge in [0.2, 0.25) is 0 Å². The third-order valence-corrected chi connectivity index (χ3v) is 2.28. The quantitative estimate of drug-likeness (QED) is 0.854. The van der Waals surface area contributed by atoms with Crippen molar-refractivity contribution in [2.24, 2.45) is 0 Å². The van der Waals surface area contributed by atoms with Gasteiger partial charge in [-0.25, -0.2) is 4.79 Å². The summed E-state index contributed by atoms with van der Waals surface area (Å²) >= 11 is 3.23. The van der Waals surface area contributed by atoms with Crippen LogP contribution in [0.15, 0.2) is 22.9 Å². The van der Waals surface area contributed by atoms with Crippen LogP contribution < -0.4 is 0 Å². The molecule has 0 aliphatic carbocycles. The Bertz CT molecular complexity index is 572. The van der Waals surface area contributed by atoms with Crippen LogP contribution in [0, 0.1) is 0 Å². The van der Waals surface area contributed by atoms with Crippen LogP contribution in [0.4, 0.5) is 4.79 Å². The first-order chi connectivity index (χ1) is 10.2. The van der Waals surface area contributed by atoms with E-state index in [1.165, 1.54) is 12.4 Å². The zero-order valence-corrected chi connectivity index (χ0v) is 12.1. The van der Waals surface area contributed by atoms with Gasteiger partial charge >= 0.3 is 6.09 Å². The summed E-state index contributed by atoms with van der Waals surface area (Å²) in [4.78, 5) is 16.8. The van der Waals surface area contributed by atoms with Gasteiger partial charge in [-0.3, -0.25) is 4.98 Å². The molecule has 0 unspecified atom stereocenters. The molecule has 0 aromatic carbocycles. The van der Waals surface area contributed by atoms with E-state index < -0.39 is 25.0 Å². The molecule has 1 aromatic heterocycles. The minimum absolute atomic E-state index is 0.285. The molecule has 0 N–H and O–H groups in total. The second kappa shape index (κ2) is 6.18. The Hall–Kier alpha value is -1.10. The van der Waals surface area contributed by atoms with Crippen molar-refractivity contribution >= 4 is 22.0 Å². The molecule has 0 saturated heterocycles. The number of amides is 1. The average molecular weight is 320 g/mol. The van der Waals surface area contributed by atoms with Crippen LogP contribution >= 0.6 is 15.9 Å². The molecule has 100 valence electrons. The van der Waals surface area contributed by atoms with Crippen molar-refractivity contribution in [2.75, 3.05) is 6.50 Å². The van der Waals surface area contributed by atoms with Gasteiger partial charge in [-0.2, -0.15) is 0 Å². The van der Waals surface area contributed by atoms with Gasteiger partial charge < -0.3 is 9.64 Å². The molecule has 0 fully saturated rings. The third-order valence-electron chi connectivity index (χ3n) is 1.85. The first-order valence-corrected chi connectivity index (χ1v) is 6.13. The lowest BCUT2D eigenvalue weighted by molar-refractivity contribution is 0.0244. The standard InChI is InChI=1S/C13H19BrN2O2/c1-5-16(12(17)18-13(2,3)4)9-10-6-11(14)8-15-7-10/h6-8H,5,9H2,1-4H3/i1D3,5D2. The van der Waals surface area contributed by atoms with Gasteiger partial charge in [0.15, 0.2) is 0 Å². The fraction of sp³-hybridized carbons (Fsp3) is 0.538. The zero-order chi connectivity index (χ0) is 18.1. The summed E-state index contributed by atoms with van der Waals surface area (Å²) < 4.78 is 43.7. The highest BCUT2D eigenvalue weighted by Crippen LogP contribution is 2.14. The minimum Gasteiger partial charge on any atom is -0.444 e. The van der Waals surface area contributed by atoms with Gasteiger partial charge in [0.1, 0.15) is 5.60 Å². The lowest BCUT2D eigenvalue weighted by Crippen LogP contribution is -2.36. The Morgan fingerprint density at radius 3 is 2.89 bits per heavy atom. The fourth-order valence-corrected chi connectivity index (χ4v) is 1.60. The molecule has 0 spiro atoms. The van der Waals surface area contributed by atoms with Crippen molar-refractivity contribution < 1.29 is 16.4 Å². The molecule has 0 saturated carbocycles. The molecule has 0 aliphatic heterocycles. The average Bonchev–Trinajstić information content (AvgIpc) is 2.32. The smallest absolute Gasteiger partial charge is 0.410 e. The lowest BCUT2D eigenvalue weighted by Gasteiger charge is -2.26. The predicted molar refractivity (Wildman–Crippen MR) is 74.3 cm³/mol. The number of aromatic nitrogens is 1. The van der Waals surface area contributed by atoms with E-state index in [4.69, 9.17) is 11.6 Å². The molecule has 0 aliphatic rings. The molecular formula is C13H19BrN2O2. The summed E-state index contributed by atoms with van der Waals surface area (Å²) in [6.07, 6.45) is 1.91. The number of hydrogen-bond acceptors (Lipinski definition) is 3. The second-order valence-electron chi connectivity index (χ2n) is 4.69. The van der Waals surface area contributed by atoms with Gasteiger partial charge in [-0.05, 0) is 55.2 Å². The Morgan fingerprint density at radius 1 is 1.61 bits per heavy atom. The van der Waals surface area contributed by atoms with Gasteiger partial charge in [-0.15, -0.1) is 0 Å². The molecule has 5 heteroatoms. The van der Waals surface area contributed by atoms with E-state index in [0.717, 1.165) is 0 Å². The van der Waals surface area contributed by atoms with Crippen molar-refractivity contribution in [2.45, 2.75) is 39.8 Å². The van der Waals surface area contributed by atoms with E-state index in [1.54, 1.807) is 26.8 Å². The van der Waals surface area contributed by atoms with Crippen LogP contribution in [0.25, 0.3) is 0 Å². The van der Waals surface area contributed by atoms with Crippen molar-refractivity contribution in [3.63, 3.8) is 0 Å². The normalized spacial score (nSPS) is 16.8. The molecule has 18 heavy (non-hydrogen) atoms. The summed E-state index contributed by atoms with van der Waals surface area (Å²) in [5.41, 5.74) is -0.409. The van der Waals surface area contributed by atoms with Crippen molar-refractivity contribution in [1.82, 2.24) is 9.88 Å². The van der Waals surface area contributed by atoms with Gasteiger partial charge in [0.25, 0.3) is 0 Å². The number of halogens is 1. The molecule has 0 bridgehead atoms. The lowest BCUT2D eigenvalue weighted by atomic mass is 10.2. The van der Waals surface area contributed by atoms with Gasteiger partial charge in [0, 0.05) is 30.2 Å². The number of carbonyl (C=O) groups is 1. The minimum atomic E-state index is -3.02. The van der Waals surface area contributed by atoms with Crippen LogP contribution in [0.3, 0.4) is 0 Å². The van der Waals surface area contributed by atoms with Gasteiger partial charge in [-0.1, -0.05) is 0 Å². The summed E-state index contributed by atoms with van der Waals surface area (Å²) in [7, 11) is 0. The highest BCUT2D eigenvalue weighted by molar-refractivity contribution is 9.10. The Kier molecular flexibility index (Phi) is 3.06. The molecule has 1 amide bonds. The number of carbonyl (C=O) groups excluding carboxylic acids is 1. The van der Waals surface area contributed by atoms with E-state index in [0.29, 0.717) is 14.9 Å². The number of ether oxygens (including phenoxy) is 1. The van der Waals surface area contributed by atoms with Crippen LogP contribution in [0.2, 0.25) is 0 Å². The Morgan fingerprint density at radius 2 is 2.33 bits per heavy atom. The first kappa shape index (κ1) is 8.91. The number of nitrogens with zero attached hydrogens (tertiary/aromatic N) is 2. The molecule has 0 radical (unpaired) electrons. The fourth-order valence-electron chi connectivity index (χ4n) is 1.19. The van der Waals surface area contributed by atoms with Crippen LogP contribution in [-0.4, -0.2) is 28.1 Å². The molecule has 1 aromatic rings. The number of rotatable bonds is 3. The number of pyridine rings is 1. The summed E-state index contributed by atoms with van der Waals surface area (Å²) in [6, 6.07) is 1.62. The summed E-state index contributed by atoms with van der Waals surface area (Å²) in [6.45, 7) is -1.34. The van der Waals surface area contributed by atoms with E-state index in [1.807, 2.05) is 0 Å². The van der Waals surface area contributed by atoms with Crippen molar-refractivity contribution in [1.29, 1.82) is 0 Å². The molecule has 4 nitrogen and oxygen atoms in total. The SMILES string of the molecule is [2H]C([2H])([2H])C([2H])([2H])N(Cc1cncc(Br)c1)C(=O)OC(C)(C)C. The zero-order valence-electron chi connectivity index (χ0n) is 15.5. The highest BCUT2D eigenvalue weighted by atomic mass is 79.9.